The molecular formula is C20H30O5. The number of ether oxygens (including phenoxy) is 2. The van der Waals surface area contributed by atoms with Gasteiger partial charge in [0.25, 0.3) is 0 Å². The van der Waals surface area contributed by atoms with Crippen LogP contribution in [0.1, 0.15) is 46.0 Å². The topological polar surface area (TPSA) is 69.7 Å². The van der Waals surface area contributed by atoms with Gasteiger partial charge in [-0.3, -0.25) is 14.4 Å². The largest absolute Gasteiger partial charge is 0.468 e. The molecule has 0 bridgehead atoms. The molecule has 0 aliphatic heterocycles. The molecular weight excluding hydrogens is 320 g/mol. The van der Waals surface area contributed by atoms with Crippen LogP contribution in [0.4, 0.5) is 0 Å². The third kappa shape index (κ3) is 4.39. The second kappa shape index (κ2) is 9.54. The van der Waals surface area contributed by atoms with Crippen molar-refractivity contribution in [3.63, 3.8) is 0 Å². The summed E-state index contributed by atoms with van der Waals surface area (Å²) in [6.45, 7) is 7.79. The SMILES string of the molecule is C=C[C@@H](C(=O)CCC)[C@@H]1CC(C(=O)OC)(C(=O)OC)C[C@H]1/C=C/CC. The van der Waals surface area contributed by atoms with Gasteiger partial charge in [-0.2, -0.15) is 0 Å². The molecule has 0 aromatic carbocycles. The summed E-state index contributed by atoms with van der Waals surface area (Å²) in [5, 5.41) is 0. The predicted octanol–water partition coefficient (Wildman–Crippen LogP) is 3.48. The summed E-state index contributed by atoms with van der Waals surface area (Å²) in [7, 11) is 2.54. The molecule has 3 atom stereocenters. The van der Waals surface area contributed by atoms with Crippen molar-refractivity contribution in [3.05, 3.63) is 24.8 Å². The van der Waals surface area contributed by atoms with Crippen LogP contribution >= 0.6 is 0 Å². The van der Waals surface area contributed by atoms with E-state index in [1.165, 1.54) is 14.2 Å². The van der Waals surface area contributed by atoms with Crippen LogP contribution in [-0.4, -0.2) is 31.9 Å². The van der Waals surface area contributed by atoms with E-state index in [1.54, 1.807) is 6.08 Å². The van der Waals surface area contributed by atoms with Gasteiger partial charge < -0.3 is 9.47 Å². The fourth-order valence-corrected chi connectivity index (χ4v) is 3.87. The minimum absolute atomic E-state index is 0.0815. The zero-order valence-electron chi connectivity index (χ0n) is 15.7. The zero-order chi connectivity index (χ0) is 19.0. The second-order valence-corrected chi connectivity index (χ2v) is 6.62. The Hall–Kier alpha value is -1.91. The number of hydrogen-bond acceptors (Lipinski definition) is 5. The van der Waals surface area contributed by atoms with Crippen molar-refractivity contribution in [2.24, 2.45) is 23.2 Å². The minimum atomic E-state index is -1.36. The maximum absolute atomic E-state index is 12.5. The van der Waals surface area contributed by atoms with E-state index in [1.807, 2.05) is 26.0 Å². The third-order valence-electron chi connectivity index (χ3n) is 5.07. The van der Waals surface area contributed by atoms with Crippen molar-refractivity contribution in [2.45, 2.75) is 46.0 Å². The molecule has 0 radical (unpaired) electrons. The molecule has 1 aliphatic carbocycles. The van der Waals surface area contributed by atoms with Crippen LogP contribution < -0.4 is 0 Å². The Kier molecular flexibility index (Phi) is 8.07. The van der Waals surface area contributed by atoms with E-state index >= 15 is 0 Å². The van der Waals surface area contributed by atoms with E-state index in [9.17, 15) is 14.4 Å². The Balaban J connectivity index is 3.30. The summed E-state index contributed by atoms with van der Waals surface area (Å²) in [5.74, 6) is -1.73. The Bertz CT molecular complexity index is 518. The molecule has 5 heteroatoms. The normalized spacial score (nSPS) is 23.2. The van der Waals surface area contributed by atoms with Gasteiger partial charge >= 0.3 is 11.9 Å². The fourth-order valence-electron chi connectivity index (χ4n) is 3.87. The number of methoxy groups -OCH3 is 2. The Morgan fingerprint density at radius 1 is 1.16 bits per heavy atom. The molecule has 0 saturated heterocycles. The van der Waals surface area contributed by atoms with E-state index in [-0.39, 0.29) is 36.4 Å². The average Bonchev–Trinajstić information content (AvgIpc) is 3.00. The molecule has 0 N–H and O–H groups in total. The van der Waals surface area contributed by atoms with Crippen molar-refractivity contribution in [1.29, 1.82) is 0 Å². The smallest absolute Gasteiger partial charge is 0.323 e. The Morgan fingerprint density at radius 2 is 1.76 bits per heavy atom. The van der Waals surface area contributed by atoms with Crippen LogP contribution in [0.2, 0.25) is 0 Å². The van der Waals surface area contributed by atoms with Gasteiger partial charge in [-0.25, -0.2) is 0 Å². The van der Waals surface area contributed by atoms with E-state index in [0.717, 1.165) is 12.8 Å². The van der Waals surface area contributed by atoms with Gasteiger partial charge in [-0.1, -0.05) is 32.1 Å². The molecule has 1 fully saturated rings. The number of allylic oxidation sites excluding steroid dienone is 3. The van der Waals surface area contributed by atoms with Crippen molar-refractivity contribution < 1.29 is 23.9 Å². The van der Waals surface area contributed by atoms with Crippen molar-refractivity contribution in [1.82, 2.24) is 0 Å². The quantitative estimate of drug-likeness (QED) is 0.362. The first-order valence-electron chi connectivity index (χ1n) is 8.90. The maximum Gasteiger partial charge on any atom is 0.323 e. The van der Waals surface area contributed by atoms with Gasteiger partial charge in [0, 0.05) is 12.3 Å². The van der Waals surface area contributed by atoms with Gasteiger partial charge in [-0.15, -0.1) is 6.58 Å². The molecule has 0 aromatic heterocycles. The minimum Gasteiger partial charge on any atom is -0.468 e. The first-order valence-corrected chi connectivity index (χ1v) is 8.90. The van der Waals surface area contributed by atoms with E-state index < -0.39 is 17.4 Å². The van der Waals surface area contributed by atoms with Crippen LogP contribution in [0.3, 0.4) is 0 Å². The first-order chi connectivity index (χ1) is 11.9. The molecule has 0 heterocycles. The number of hydrogen-bond donors (Lipinski definition) is 0. The third-order valence-corrected chi connectivity index (χ3v) is 5.07. The lowest BCUT2D eigenvalue weighted by atomic mass is 9.79. The number of Topliss-reactive ketones (excluding diaryl/α,β-unsaturated/α-hetero) is 1. The van der Waals surface area contributed by atoms with Crippen LogP contribution in [0.15, 0.2) is 24.8 Å². The van der Waals surface area contributed by atoms with Crippen molar-refractivity contribution in [2.75, 3.05) is 14.2 Å². The highest BCUT2D eigenvalue weighted by Crippen LogP contribution is 2.51. The molecule has 140 valence electrons. The molecule has 1 aliphatic rings. The summed E-state index contributed by atoms with van der Waals surface area (Å²) in [6, 6.07) is 0. The van der Waals surface area contributed by atoms with Gasteiger partial charge in [0.2, 0.25) is 0 Å². The highest BCUT2D eigenvalue weighted by atomic mass is 16.5. The van der Waals surface area contributed by atoms with Gasteiger partial charge in [0.1, 0.15) is 5.78 Å². The Labute approximate surface area is 150 Å². The van der Waals surface area contributed by atoms with E-state index in [4.69, 9.17) is 9.47 Å². The van der Waals surface area contributed by atoms with Crippen molar-refractivity contribution in [3.8, 4) is 0 Å². The summed E-state index contributed by atoms with van der Waals surface area (Å²) < 4.78 is 9.82. The predicted molar refractivity (Wildman–Crippen MR) is 95.7 cm³/mol. The number of esters is 2. The standard InChI is InChI=1S/C20H30O5/c1-6-9-11-14-12-20(18(22)24-4,19(23)25-5)13-16(14)15(8-3)17(21)10-7-2/h8-9,11,14-16H,3,6-7,10,12-13H2,1-2,4-5H3/b11-9+/t14-,15-,16-/m1/s1. The van der Waals surface area contributed by atoms with Crippen LogP contribution in [0.25, 0.3) is 0 Å². The summed E-state index contributed by atoms with van der Waals surface area (Å²) in [5.41, 5.74) is -1.36. The molecule has 25 heavy (non-hydrogen) atoms. The summed E-state index contributed by atoms with van der Waals surface area (Å²) >= 11 is 0. The van der Waals surface area contributed by atoms with Crippen LogP contribution in [0, 0.1) is 23.2 Å². The number of carbonyl (C=O) groups is 3. The van der Waals surface area contributed by atoms with Gasteiger partial charge in [0.15, 0.2) is 5.41 Å². The Morgan fingerprint density at radius 3 is 2.20 bits per heavy atom. The lowest BCUT2D eigenvalue weighted by Gasteiger charge is -2.25. The lowest BCUT2D eigenvalue weighted by Crippen LogP contribution is -2.39. The summed E-state index contributed by atoms with van der Waals surface area (Å²) in [4.78, 5) is 37.4. The van der Waals surface area contributed by atoms with Crippen molar-refractivity contribution >= 4 is 17.7 Å². The number of rotatable bonds is 9. The highest BCUT2D eigenvalue weighted by Gasteiger charge is 2.58. The number of carbonyl (C=O) groups excluding carboxylic acids is 3. The molecule has 5 nitrogen and oxygen atoms in total. The monoisotopic (exact) mass is 350 g/mol. The van der Waals surface area contributed by atoms with E-state index in [2.05, 4.69) is 6.58 Å². The highest BCUT2D eigenvalue weighted by molar-refractivity contribution is 6.00. The molecule has 0 aromatic rings. The first kappa shape index (κ1) is 21.1. The molecule has 0 amide bonds. The van der Waals surface area contributed by atoms with Gasteiger partial charge in [-0.05, 0) is 37.5 Å². The summed E-state index contributed by atoms with van der Waals surface area (Å²) in [6.07, 6.45) is 8.25. The molecule has 1 saturated carbocycles. The molecule has 0 unspecified atom stereocenters. The lowest BCUT2D eigenvalue weighted by molar-refractivity contribution is -0.169. The average molecular weight is 350 g/mol. The molecule has 0 spiro atoms. The van der Waals surface area contributed by atoms with E-state index in [0.29, 0.717) is 6.42 Å². The molecule has 1 rings (SSSR count). The van der Waals surface area contributed by atoms with Gasteiger partial charge in [0.05, 0.1) is 14.2 Å². The number of ketones is 1. The van der Waals surface area contributed by atoms with Crippen LogP contribution in [0.5, 0.6) is 0 Å². The fraction of sp³-hybridized carbons (Fsp3) is 0.650. The van der Waals surface area contributed by atoms with Crippen LogP contribution in [-0.2, 0) is 23.9 Å². The zero-order valence-corrected chi connectivity index (χ0v) is 15.7. The maximum atomic E-state index is 12.5. The second-order valence-electron chi connectivity index (χ2n) is 6.62.